The third-order valence-corrected chi connectivity index (χ3v) is 6.72. The van der Waals surface area contributed by atoms with Crippen molar-refractivity contribution in [3.63, 3.8) is 0 Å². The third kappa shape index (κ3) is 5.66. The van der Waals surface area contributed by atoms with E-state index in [1.807, 2.05) is 6.08 Å². The maximum Gasteiger partial charge on any atom is 0.136 e. The van der Waals surface area contributed by atoms with E-state index in [4.69, 9.17) is 0 Å². The summed E-state index contributed by atoms with van der Waals surface area (Å²) in [7, 11) is 0. The number of carbonyl (C=O) groups excluding carboxylic acids is 1. The Morgan fingerprint density at radius 3 is 2.50 bits per heavy atom. The van der Waals surface area contributed by atoms with Crippen LogP contribution in [0.15, 0.2) is 11.6 Å². The summed E-state index contributed by atoms with van der Waals surface area (Å²) >= 11 is 0. The molecule has 0 spiro atoms. The minimum atomic E-state index is -0.568. The number of carbonyl (C=O) groups is 1. The zero-order valence-corrected chi connectivity index (χ0v) is 17.3. The summed E-state index contributed by atoms with van der Waals surface area (Å²) in [4.78, 5) is 12.0. The first-order valence-electron chi connectivity index (χ1n) is 10.9. The minimum absolute atomic E-state index is 0.0834. The number of unbranched alkanes of at least 4 members (excludes halogenated alkanes) is 2. The summed E-state index contributed by atoms with van der Waals surface area (Å²) in [6.45, 7) is 9.07. The lowest BCUT2D eigenvalue weighted by Gasteiger charge is -2.41. The molecule has 0 aromatic rings. The predicted octanol–water partition coefficient (Wildman–Crippen LogP) is 4.90. The molecule has 3 heteroatoms. The monoisotopic (exact) mass is 364 g/mol. The molecule has 2 unspecified atom stereocenters. The highest BCUT2D eigenvalue weighted by Gasteiger charge is 2.41. The van der Waals surface area contributed by atoms with Gasteiger partial charge in [0.25, 0.3) is 0 Å². The number of aliphatic hydroxyl groups is 2. The van der Waals surface area contributed by atoms with E-state index < -0.39 is 12.2 Å². The van der Waals surface area contributed by atoms with Gasteiger partial charge >= 0.3 is 0 Å². The summed E-state index contributed by atoms with van der Waals surface area (Å²) in [5.74, 6) is 2.32. The maximum atomic E-state index is 12.0. The fourth-order valence-corrected chi connectivity index (χ4v) is 5.20. The molecule has 26 heavy (non-hydrogen) atoms. The van der Waals surface area contributed by atoms with E-state index in [1.165, 1.54) is 18.4 Å². The van der Waals surface area contributed by atoms with Gasteiger partial charge in [-0.2, -0.15) is 0 Å². The number of rotatable bonds is 8. The molecule has 2 aliphatic carbocycles. The number of hydrogen-bond acceptors (Lipinski definition) is 3. The molecular formula is C23H40O3. The second-order valence-electron chi connectivity index (χ2n) is 9.28. The van der Waals surface area contributed by atoms with Gasteiger partial charge in [-0.25, -0.2) is 0 Å². The summed E-state index contributed by atoms with van der Waals surface area (Å²) in [6, 6.07) is 0. The SMILES string of the molecule is CCCCC[C@H](O)/C=C(/[C@H]1CC(=O)CC1O)[C@@H]1C[C@H](C)CCC1C(C)C. The van der Waals surface area contributed by atoms with Crippen LogP contribution in [0.4, 0.5) is 0 Å². The molecule has 0 radical (unpaired) electrons. The van der Waals surface area contributed by atoms with Gasteiger partial charge in [0.2, 0.25) is 0 Å². The lowest BCUT2D eigenvalue weighted by Crippen LogP contribution is -2.33. The summed E-state index contributed by atoms with van der Waals surface area (Å²) in [5, 5.41) is 21.2. The van der Waals surface area contributed by atoms with E-state index >= 15 is 0 Å². The van der Waals surface area contributed by atoms with Crippen LogP contribution >= 0.6 is 0 Å². The van der Waals surface area contributed by atoms with Gasteiger partial charge in [0.05, 0.1) is 12.2 Å². The van der Waals surface area contributed by atoms with Crippen molar-refractivity contribution in [1.82, 2.24) is 0 Å². The van der Waals surface area contributed by atoms with Crippen molar-refractivity contribution >= 4 is 5.78 Å². The second-order valence-corrected chi connectivity index (χ2v) is 9.28. The number of aliphatic hydroxyl groups excluding tert-OH is 2. The predicted molar refractivity (Wildman–Crippen MR) is 107 cm³/mol. The van der Waals surface area contributed by atoms with Gasteiger partial charge in [-0.05, 0) is 42.9 Å². The maximum absolute atomic E-state index is 12.0. The van der Waals surface area contributed by atoms with Gasteiger partial charge in [-0.3, -0.25) is 4.79 Å². The van der Waals surface area contributed by atoms with Gasteiger partial charge in [0.1, 0.15) is 5.78 Å². The van der Waals surface area contributed by atoms with Crippen LogP contribution in [0.5, 0.6) is 0 Å². The van der Waals surface area contributed by atoms with Crippen molar-refractivity contribution in [2.45, 2.75) is 97.7 Å². The molecule has 3 nitrogen and oxygen atoms in total. The Bertz CT molecular complexity index is 482. The van der Waals surface area contributed by atoms with Gasteiger partial charge in [-0.1, -0.05) is 65.0 Å². The first-order chi connectivity index (χ1) is 12.3. The molecule has 2 N–H and O–H groups in total. The first kappa shape index (κ1) is 21.6. The lowest BCUT2D eigenvalue weighted by molar-refractivity contribution is -0.117. The van der Waals surface area contributed by atoms with Crippen molar-refractivity contribution in [3.8, 4) is 0 Å². The van der Waals surface area contributed by atoms with Crippen molar-refractivity contribution in [3.05, 3.63) is 11.6 Å². The van der Waals surface area contributed by atoms with Crippen LogP contribution in [0, 0.1) is 29.6 Å². The largest absolute Gasteiger partial charge is 0.392 e. The average molecular weight is 365 g/mol. The molecule has 0 saturated heterocycles. The normalized spacial score (nSPS) is 34.5. The number of ketones is 1. The van der Waals surface area contributed by atoms with Crippen LogP contribution in [0.1, 0.15) is 85.5 Å². The number of Topliss-reactive ketones (excluding diaryl/α,β-unsaturated/α-hetero) is 1. The van der Waals surface area contributed by atoms with E-state index in [0.717, 1.165) is 32.1 Å². The Kier molecular flexibility index (Phi) is 8.35. The van der Waals surface area contributed by atoms with Crippen molar-refractivity contribution in [2.75, 3.05) is 0 Å². The van der Waals surface area contributed by atoms with Crippen molar-refractivity contribution in [2.24, 2.45) is 29.6 Å². The zero-order valence-electron chi connectivity index (χ0n) is 17.3. The molecule has 2 aliphatic rings. The molecule has 0 aromatic heterocycles. The summed E-state index contributed by atoms with van der Waals surface area (Å²) in [6.07, 6.45) is 9.44. The fraction of sp³-hybridized carbons (Fsp3) is 0.870. The Labute approximate surface area is 160 Å². The van der Waals surface area contributed by atoms with Crippen molar-refractivity contribution in [1.29, 1.82) is 0 Å². The molecule has 0 bridgehead atoms. The van der Waals surface area contributed by atoms with Crippen molar-refractivity contribution < 1.29 is 15.0 Å². The quantitative estimate of drug-likeness (QED) is 0.475. The highest BCUT2D eigenvalue weighted by Crippen LogP contribution is 2.46. The van der Waals surface area contributed by atoms with Gasteiger partial charge < -0.3 is 10.2 Å². The molecular weight excluding hydrogens is 324 g/mol. The number of hydrogen-bond donors (Lipinski definition) is 2. The van der Waals surface area contributed by atoms with Crippen LogP contribution in [-0.4, -0.2) is 28.2 Å². The van der Waals surface area contributed by atoms with Gasteiger partial charge in [0, 0.05) is 18.8 Å². The molecule has 2 fully saturated rings. The zero-order chi connectivity index (χ0) is 19.3. The molecule has 0 amide bonds. The van der Waals surface area contributed by atoms with Gasteiger partial charge in [0.15, 0.2) is 0 Å². The fourth-order valence-electron chi connectivity index (χ4n) is 5.20. The highest BCUT2D eigenvalue weighted by atomic mass is 16.3. The van der Waals surface area contributed by atoms with Crippen LogP contribution in [0.3, 0.4) is 0 Å². The summed E-state index contributed by atoms with van der Waals surface area (Å²) in [5.41, 5.74) is 1.19. The van der Waals surface area contributed by atoms with Crippen LogP contribution in [-0.2, 0) is 4.79 Å². The van der Waals surface area contributed by atoms with Crippen LogP contribution in [0.2, 0.25) is 0 Å². The van der Waals surface area contributed by atoms with E-state index in [9.17, 15) is 15.0 Å². The Balaban J connectivity index is 2.27. The highest BCUT2D eigenvalue weighted by molar-refractivity contribution is 5.82. The summed E-state index contributed by atoms with van der Waals surface area (Å²) < 4.78 is 0. The van der Waals surface area contributed by atoms with Gasteiger partial charge in [-0.15, -0.1) is 0 Å². The lowest BCUT2D eigenvalue weighted by atomic mass is 9.64. The van der Waals surface area contributed by atoms with Crippen LogP contribution < -0.4 is 0 Å². The standard InChI is InChI=1S/C23H40O3/c1-5-6-7-8-17(24)12-21(22-13-18(25)14-23(22)26)20-11-16(4)9-10-19(20)15(2)3/h12,15-17,19-20,22-24,26H,5-11,13-14H2,1-4H3/b21-12+/t16-,17+,19?,20-,22-,23?/m1/s1. The van der Waals surface area contributed by atoms with Crippen LogP contribution in [0.25, 0.3) is 0 Å². The third-order valence-electron chi connectivity index (χ3n) is 6.72. The topological polar surface area (TPSA) is 57.5 Å². The molecule has 2 rings (SSSR count). The average Bonchev–Trinajstić information content (AvgIpc) is 2.90. The molecule has 0 aromatic carbocycles. The second kappa shape index (κ2) is 10.0. The Hall–Kier alpha value is -0.670. The van der Waals surface area contributed by atoms with E-state index in [0.29, 0.717) is 30.1 Å². The first-order valence-corrected chi connectivity index (χ1v) is 10.9. The van der Waals surface area contributed by atoms with E-state index in [2.05, 4.69) is 27.7 Å². The molecule has 2 saturated carbocycles. The Morgan fingerprint density at radius 1 is 1.19 bits per heavy atom. The molecule has 0 heterocycles. The Morgan fingerprint density at radius 2 is 1.92 bits per heavy atom. The molecule has 150 valence electrons. The van der Waals surface area contributed by atoms with E-state index in [1.54, 1.807) is 0 Å². The minimum Gasteiger partial charge on any atom is -0.392 e. The van der Waals surface area contributed by atoms with E-state index in [-0.39, 0.29) is 18.1 Å². The molecule has 6 atom stereocenters. The smallest absolute Gasteiger partial charge is 0.136 e. The molecule has 0 aliphatic heterocycles.